The third-order valence-corrected chi connectivity index (χ3v) is 7.48. The van der Waals surface area contributed by atoms with Gasteiger partial charge in [-0.25, -0.2) is 14.2 Å². The number of nitrogens with two attached hydrogens (primary N) is 1. The number of methoxy groups -OCH3 is 1. The standard InChI is InChI=1S/C22H19FN2O4.C4H9NO2.2C2H6/c1-9-10-3-2-4-11-13-7-25-17(19(13)24-16(18(10)11)6-15(9)23)5-12-14(21(25)27)8-29-22(28)20(12)26;1-7-3-2-4(5)6;2*1-2/h5-6,12,14,20,26H,2-4,7-8H2,1H3;2-3H2,1H3,(H2,5,6);2*1-2H3. The van der Waals surface area contributed by atoms with Gasteiger partial charge in [0.15, 0.2) is 6.10 Å². The number of aliphatic hydroxyl groups excluding tert-OH is 1. The number of ether oxygens (including phenoxy) is 2. The number of carbonyl (C=O) groups excluding carboxylic acids is 3. The molecule has 2 aromatic rings. The van der Waals surface area contributed by atoms with Crippen LogP contribution in [0.5, 0.6) is 0 Å². The molecule has 0 radical (unpaired) electrons. The minimum Gasteiger partial charge on any atom is -0.463 e. The summed E-state index contributed by atoms with van der Waals surface area (Å²) in [6.07, 6.45) is 3.36. The van der Waals surface area contributed by atoms with Crippen molar-refractivity contribution in [3.8, 4) is 0 Å². The maximum absolute atomic E-state index is 14.5. The van der Waals surface area contributed by atoms with Crippen LogP contribution >= 0.6 is 0 Å². The fraction of sp³-hybridized carbons (Fsp3) is 0.533. The number of esters is 1. The number of aliphatic hydroxyl groups is 1. The Bertz CT molecular complexity index is 1320. The van der Waals surface area contributed by atoms with E-state index in [9.17, 15) is 23.9 Å². The Morgan fingerprint density at radius 3 is 2.50 bits per heavy atom. The molecule has 10 heteroatoms. The smallest absolute Gasteiger partial charge is 0.335 e. The normalized spacial score (nSPS) is 21.6. The average Bonchev–Trinajstić information content (AvgIpc) is 3.34. The van der Waals surface area contributed by atoms with Gasteiger partial charge in [0.05, 0.1) is 36.0 Å². The Morgan fingerprint density at radius 2 is 1.88 bits per heavy atom. The summed E-state index contributed by atoms with van der Waals surface area (Å²) >= 11 is 0. The first kappa shape index (κ1) is 31.2. The summed E-state index contributed by atoms with van der Waals surface area (Å²) in [5.74, 6) is -2.65. The Morgan fingerprint density at radius 1 is 1.20 bits per heavy atom. The highest BCUT2D eigenvalue weighted by atomic mass is 19.1. The molecule has 1 fully saturated rings. The van der Waals surface area contributed by atoms with E-state index in [1.165, 1.54) is 13.2 Å². The first-order chi connectivity index (χ1) is 19.2. The lowest BCUT2D eigenvalue weighted by Gasteiger charge is -2.38. The zero-order valence-electron chi connectivity index (χ0n) is 24.2. The number of benzene rings is 1. The molecule has 3 unspecified atom stereocenters. The molecule has 0 spiro atoms. The number of primary amides is 1. The third kappa shape index (κ3) is 5.60. The van der Waals surface area contributed by atoms with Gasteiger partial charge in [0.2, 0.25) is 11.8 Å². The van der Waals surface area contributed by atoms with Crippen molar-refractivity contribution in [2.75, 3.05) is 20.3 Å². The Labute approximate surface area is 234 Å². The lowest BCUT2D eigenvalue weighted by Crippen LogP contribution is -2.51. The van der Waals surface area contributed by atoms with E-state index < -0.39 is 23.9 Å². The van der Waals surface area contributed by atoms with Crippen LogP contribution in [0.15, 0.2) is 12.1 Å². The Balaban J connectivity index is 0.000000349. The van der Waals surface area contributed by atoms with Gasteiger partial charge in [-0.05, 0) is 42.9 Å². The summed E-state index contributed by atoms with van der Waals surface area (Å²) in [5.41, 5.74) is 10.5. The van der Waals surface area contributed by atoms with E-state index in [4.69, 9.17) is 15.5 Å². The maximum atomic E-state index is 14.5. The topological polar surface area (TPSA) is 132 Å². The predicted molar refractivity (Wildman–Crippen MR) is 149 cm³/mol. The van der Waals surface area contributed by atoms with Gasteiger partial charge < -0.3 is 25.2 Å². The van der Waals surface area contributed by atoms with Crippen LogP contribution in [0.2, 0.25) is 0 Å². The van der Waals surface area contributed by atoms with Crippen LogP contribution in [-0.4, -0.2) is 59.2 Å². The van der Waals surface area contributed by atoms with Gasteiger partial charge >= 0.3 is 5.97 Å². The summed E-state index contributed by atoms with van der Waals surface area (Å²) in [5, 5.41) is 11.3. The van der Waals surface area contributed by atoms with Gasteiger partial charge in [-0.15, -0.1) is 0 Å². The van der Waals surface area contributed by atoms with Crippen LogP contribution in [0, 0.1) is 24.6 Å². The lowest BCUT2D eigenvalue weighted by atomic mass is 9.81. The molecule has 3 N–H and O–H groups in total. The quantitative estimate of drug-likeness (QED) is 0.552. The second kappa shape index (κ2) is 13.3. The molecule has 4 aliphatic rings. The molecular formula is C30H40FN3O6. The molecule has 40 heavy (non-hydrogen) atoms. The van der Waals surface area contributed by atoms with Crippen LogP contribution in [-0.2, 0) is 43.2 Å². The first-order valence-corrected chi connectivity index (χ1v) is 14.0. The molecule has 0 saturated carbocycles. The van der Waals surface area contributed by atoms with E-state index >= 15 is 0 Å². The summed E-state index contributed by atoms with van der Waals surface area (Å²) in [6, 6.07) is 1.48. The first-order valence-electron chi connectivity index (χ1n) is 14.0. The monoisotopic (exact) mass is 557 g/mol. The van der Waals surface area contributed by atoms with Gasteiger partial charge in [0, 0.05) is 36.5 Å². The van der Waals surface area contributed by atoms with Crippen LogP contribution in [0.1, 0.15) is 68.5 Å². The highest BCUT2D eigenvalue weighted by Gasteiger charge is 2.49. The number of fused-ring (bicyclic) bond motifs is 5. The SMILES string of the molecule is CC.CC.COCCC(N)=O.Cc1c(F)cc2nc3c(c4c2c1CCC4)CN1C(=O)C2COC(=O)C(O)C2C=C31. The largest absolute Gasteiger partial charge is 0.463 e. The molecule has 6 rings (SSSR count). The molecule has 0 bridgehead atoms. The number of hydrogen-bond acceptors (Lipinski definition) is 7. The van der Waals surface area contributed by atoms with Crippen molar-refractivity contribution in [1.29, 1.82) is 0 Å². The van der Waals surface area contributed by atoms with Crippen molar-refractivity contribution in [3.05, 3.63) is 45.9 Å². The number of aryl methyl sites for hydroxylation is 2. The highest BCUT2D eigenvalue weighted by molar-refractivity contribution is 5.98. The number of halogens is 1. The number of cyclic esters (lactones) is 1. The van der Waals surface area contributed by atoms with E-state index in [1.807, 2.05) is 34.6 Å². The summed E-state index contributed by atoms with van der Waals surface area (Å²) < 4.78 is 24.1. The molecule has 1 saturated heterocycles. The van der Waals surface area contributed by atoms with Crippen molar-refractivity contribution < 1.29 is 33.4 Å². The molecule has 3 atom stereocenters. The number of rotatable bonds is 3. The lowest BCUT2D eigenvalue weighted by molar-refractivity contribution is -0.171. The van der Waals surface area contributed by atoms with Gasteiger partial charge in [-0.2, -0.15) is 0 Å². The van der Waals surface area contributed by atoms with E-state index in [2.05, 4.69) is 4.74 Å². The molecule has 2 amide bonds. The second-order valence-electron chi connectivity index (χ2n) is 9.57. The summed E-state index contributed by atoms with van der Waals surface area (Å²) in [7, 11) is 1.53. The highest BCUT2D eigenvalue weighted by Crippen LogP contribution is 2.46. The van der Waals surface area contributed by atoms with E-state index in [0.29, 0.717) is 42.0 Å². The number of nitrogens with zero attached hydrogens (tertiary/aromatic N) is 2. The molecule has 1 aromatic carbocycles. The minimum absolute atomic E-state index is 0.0210. The average molecular weight is 558 g/mol. The Hall–Kier alpha value is -3.37. The molecule has 1 aliphatic carbocycles. The molecule has 218 valence electrons. The van der Waals surface area contributed by atoms with Crippen LogP contribution < -0.4 is 5.73 Å². The number of hydrogen-bond donors (Lipinski definition) is 2. The molecule has 3 aliphatic heterocycles. The third-order valence-electron chi connectivity index (χ3n) is 7.48. The molecule has 9 nitrogen and oxygen atoms in total. The van der Waals surface area contributed by atoms with E-state index in [-0.39, 0.29) is 24.2 Å². The van der Waals surface area contributed by atoms with Crippen molar-refractivity contribution in [2.45, 2.75) is 73.0 Å². The van der Waals surface area contributed by atoms with E-state index in [0.717, 1.165) is 41.3 Å². The number of pyridine rings is 1. The van der Waals surface area contributed by atoms with Crippen molar-refractivity contribution in [3.63, 3.8) is 0 Å². The molecular weight excluding hydrogens is 517 g/mol. The van der Waals surface area contributed by atoms with E-state index in [1.54, 1.807) is 11.0 Å². The van der Waals surface area contributed by atoms with Gasteiger partial charge in [-0.3, -0.25) is 9.59 Å². The number of aromatic nitrogens is 1. The molecule has 4 heterocycles. The van der Waals surface area contributed by atoms with Crippen molar-refractivity contribution in [1.82, 2.24) is 9.88 Å². The maximum Gasteiger partial charge on any atom is 0.335 e. The minimum atomic E-state index is -1.36. The van der Waals surface area contributed by atoms with Crippen LogP contribution in [0.25, 0.3) is 16.6 Å². The molecule has 1 aromatic heterocycles. The number of carbonyl (C=O) groups is 3. The van der Waals surface area contributed by atoms with Gasteiger partial charge in [-0.1, -0.05) is 33.8 Å². The fourth-order valence-corrected chi connectivity index (χ4v) is 5.62. The summed E-state index contributed by atoms with van der Waals surface area (Å²) in [4.78, 5) is 41.3. The predicted octanol–water partition coefficient (Wildman–Crippen LogP) is 3.58. The van der Waals surface area contributed by atoms with Crippen molar-refractivity contribution >= 4 is 34.4 Å². The Kier molecular flexibility index (Phi) is 10.4. The van der Waals surface area contributed by atoms with Gasteiger partial charge in [0.25, 0.3) is 0 Å². The second-order valence-corrected chi connectivity index (χ2v) is 9.57. The number of amides is 2. The summed E-state index contributed by atoms with van der Waals surface area (Å²) in [6.45, 7) is 10.6. The zero-order chi connectivity index (χ0) is 29.7. The zero-order valence-corrected chi connectivity index (χ0v) is 24.2. The fourth-order valence-electron chi connectivity index (χ4n) is 5.62. The van der Waals surface area contributed by atoms with Crippen LogP contribution in [0.3, 0.4) is 0 Å². The van der Waals surface area contributed by atoms with Gasteiger partial charge in [0.1, 0.15) is 12.4 Å². The van der Waals surface area contributed by atoms with Crippen molar-refractivity contribution in [2.24, 2.45) is 17.6 Å². The van der Waals surface area contributed by atoms with Crippen LogP contribution in [0.4, 0.5) is 4.39 Å².